The third kappa shape index (κ3) is 3.30. The van der Waals surface area contributed by atoms with Crippen LogP contribution >= 0.6 is 0 Å². The maximum atomic E-state index is 12.4. The van der Waals surface area contributed by atoms with Gasteiger partial charge in [-0.15, -0.1) is 0 Å². The van der Waals surface area contributed by atoms with Gasteiger partial charge >= 0.3 is 12.6 Å². The zero-order valence-corrected chi connectivity index (χ0v) is 13.6. The second-order valence-corrected chi connectivity index (χ2v) is 5.26. The number of carbonyl (C=O) groups excluding carboxylic acids is 1. The minimum atomic E-state index is -2.90. The molecule has 25 heavy (non-hydrogen) atoms. The van der Waals surface area contributed by atoms with Crippen LogP contribution in [0, 0.1) is 0 Å². The van der Waals surface area contributed by atoms with Crippen LogP contribution in [0.5, 0.6) is 5.75 Å². The van der Waals surface area contributed by atoms with E-state index in [2.05, 4.69) is 20.1 Å². The van der Waals surface area contributed by atoms with Gasteiger partial charge in [-0.1, -0.05) is 12.1 Å². The summed E-state index contributed by atoms with van der Waals surface area (Å²) in [5, 5.41) is 7.17. The molecule has 0 radical (unpaired) electrons. The summed E-state index contributed by atoms with van der Waals surface area (Å²) in [6, 6.07) is 5.45. The second kappa shape index (κ2) is 6.88. The van der Waals surface area contributed by atoms with Crippen LogP contribution in [0.2, 0.25) is 0 Å². The summed E-state index contributed by atoms with van der Waals surface area (Å²) >= 11 is 0. The molecule has 9 heteroatoms. The Labute approximate surface area is 142 Å². The highest BCUT2D eigenvalue weighted by atomic mass is 19.3. The average molecular weight is 350 g/mol. The summed E-state index contributed by atoms with van der Waals surface area (Å²) in [7, 11) is 0. The van der Waals surface area contributed by atoms with E-state index in [0.717, 1.165) is 0 Å². The predicted molar refractivity (Wildman–Crippen MR) is 84.2 cm³/mol. The van der Waals surface area contributed by atoms with E-state index in [-0.39, 0.29) is 12.4 Å². The Hall–Kier alpha value is -2.97. The third-order valence-corrected chi connectivity index (χ3v) is 3.71. The lowest BCUT2D eigenvalue weighted by Crippen LogP contribution is -2.29. The first-order valence-corrected chi connectivity index (χ1v) is 7.60. The van der Waals surface area contributed by atoms with Crippen LogP contribution in [0.4, 0.5) is 14.7 Å². The summed E-state index contributed by atoms with van der Waals surface area (Å²) in [5.41, 5.74) is 1.64. The fourth-order valence-corrected chi connectivity index (χ4v) is 2.70. The number of alkyl halides is 2. The molecule has 2 aromatic rings. The number of hydrogen-bond donors (Lipinski definition) is 1. The van der Waals surface area contributed by atoms with Gasteiger partial charge < -0.3 is 14.8 Å². The van der Waals surface area contributed by atoms with Gasteiger partial charge in [-0.2, -0.15) is 18.9 Å². The van der Waals surface area contributed by atoms with Gasteiger partial charge in [0.15, 0.2) is 0 Å². The van der Waals surface area contributed by atoms with E-state index in [4.69, 9.17) is 4.74 Å². The van der Waals surface area contributed by atoms with E-state index in [1.165, 1.54) is 18.5 Å². The van der Waals surface area contributed by atoms with E-state index in [1.807, 2.05) is 0 Å². The quantitative estimate of drug-likeness (QED) is 0.836. The van der Waals surface area contributed by atoms with Gasteiger partial charge in [-0.25, -0.2) is 9.48 Å². The van der Waals surface area contributed by atoms with Crippen molar-refractivity contribution in [2.45, 2.75) is 26.5 Å². The first-order chi connectivity index (χ1) is 12.0. The molecule has 1 aliphatic rings. The number of nitrogens with zero attached hydrogens (tertiary/aromatic N) is 3. The summed E-state index contributed by atoms with van der Waals surface area (Å²) < 4.78 is 35.7. The highest BCUT2D eigenvalue weighted by Gasteiger charge is 2.34. The first kappa shape index (κ1) is 16.9. The Morgan fingerprint density at radius 1 is 1.36 bits per heavy atom. The molecule has 0 bridgehead atoms. The SMILES string of the molecule is CCOC(=O)C1=C(C)Nc2ncnn2[C@H]1c1ccc(OC(F)F)cc1. The van der Waals surface area contributed by atoms with Crippen LogP contribution in [0.3, 0.4) is 0 Å². The molecular formula is C16H16F2N4O3. The van der Waals surface area contributed by atoms with Gasteiger partial charge in [-0.05, 0) is 31.5 Å². The molecule has 0 aliphatic carbocycles. The van der Waals surface area contributed by atoms with Crippen LogP contribution in [0.25, 0.3) is 0 Å². The standard InChI is InChI=1S/C16H16F2N4O3/c1-3-24-14(23)12-9(2)21-16-19-8-20-22(16)13(12)10-4-6-11(7-5-10)25-15(17)18/h4-8,13,15H,3H2,1-2H3,(H,19,20,21)/t13-/m0/s1. The van der Waals surface area contributed by atoms with E-state index < -0.39 is 18.6 Å². The Morgan fingerprint density at radius 2 is 2.08 bits per heavy atom. The van der Waals surface area contributed by atoms with E-state index in [9.17, 15) is 13.6 Å². The molecule has 2 heterocycles. The van der Waals surface area contributed by atoms with Crippen molar-refractivity contribution in [2.24, 2.45) is 0 Å². The minimum Gasteiger partial charge on any atom is -0.463 e. The third-order valence-electron chi connectivity index (χ3n) is 3.71. The van der Waals surface area contributed by atoms with Crippen molar-refractivity contribution in [1.82, 2.24) is 14.8 Å². The number of benzene rings is 1. The maximum Gasteiger partial charge on any atom is 0.387 e. The lowest BCUT2D eigenvalue weighted by atomic mass is 9.96. The molecule has 1 aromatic carbocycles. The molecular weight excluding hydrogens is 334 g/mol. The predicted octanol–water partition coefficient (Wildman–Crippen LogP) is 2.73. The van der Waals surface area contributed by atoms with E-state index >= 15 is 0 Å². The lowest BCUT2D eigenvalue weighted by molar-refractivity contribution is -0.139. The number of allylic oxidation sites excluding steroid dienone is 1. The fourth-order valence-electron chi connectivity index (χ4n) is 2.70. The van der Waals surface area contributed by atoms with Gasteiger partial charge in [0.1, 0.15) is 18.1 Å². The van der Waals surface area contributed by atoms with Gasteiger partial charge in [0.25, 0.3) is 0 Å². The van der Waals surface area contributed by atoms with Gasteiger partial charge in [0.2, 0.25) is 5.95 Å². The van der Waals surface area contributed by atoms with Gasteiger partial charge in [0.05, 0.1) is 12.2 Å². The molecule has 1 N–H and O–H groups in total. The number of fused-ring (bicyclic) bond motifs is 1. The van der Waals surface area contributed by atoms with Crippen LogP contribution in [-0.4, -0.2) is 34.0 Å². The number of ether oxygens (including phenoxy) is 2. The zero-order chi connectivity index (χ0) is 18.0. The summed E-state index contributed by atoms with van der Waals surface area (Å²) in [6.07, 6.45) is 1.37. The largest absolute Gasteiger partial charge is 0.463 e. The van der Waals surface area contributed by atoms with Crippen molar-refractivity contribution in [3.63, 3.8) is 0 Å². The summed E-state index contributed by atoms with van der Waals surface area (Å²) in [6.45, 7) is 0.791. The van der Waals surface area contributed by atoms with Gasteiger partial charge in [0, 0.05) is 5.70 Å². The molecule has 0 amide bonds. The molecule has 1 aromatic heterocycles. The first-order valence-electron chi connectivity index (χ1n) is 7.60. The molecule has 0 fully saturated rings. The molecule has 0 saturated carbocycles. The number of nitrogens with one attached hydrogen (secondary N) is 1. The number of anilines is 1. The number of halogens is 2. The van der Waals surface area contributed by atoms with Crippen molar-refractivity contribution in [1.29, 1.82) is 0 Å². The normalized spacial score (nSPS) is 16.4. The minimum absolute atomic E-state index is 0.0323. The average Bonchev–Trinajstić information content (AvgIpc) is 3.02. The topological polar surface area (TPSA) is 78.3 Å². The number of carbonyl (C=O) groups is 1. The van der Waals surface area contributed by atoms with Crippen molar-refractivity contribution in [3.05, 3.63) is 47.4 Å². The van der Waals surface area contributed by atoms with Crippen LogP contribution in [-0.2, 0) is 9.53 Å². The Bertz CT molecular complexity index is 802. The zero-order valence-electron chi connectivity index (χ0n) is 13.6. The van der Waals surface area contributed by atoms with Crippen molar-refractivity contribution in [3.8, 4) is 5.75 Å². The highest BCUT2D eigenvalue weighted by molar-refractivity contribution is 5.92. The molecule has 0 saturated heterocycles. The monoisotopic (exact) mass is 350 g/mol. The fraction of sp³-hybridized carbons (Fsp3) is 0.312. The number of aromatic nitrogens is 3. The molecule has 0 unspecified atom stereocenters. The second-order valence-electron chi connectivity index (χ2n) is 5.26. The molecule has 1 aliphatic heterocycles. The van der Waals surface area contributed by atoms with Crippen molar-refractivity contribution >= 4 is 11.9 Å². The van der Waals surface area contributed by atoms with Crippen LogP contribution in [0.15, 0.2) is 41.9 Å². The molecule has 7 nitrogen and oxygen atoms in total. The molecule has 1 atom stereocenters. The summed E-state index contributed by atoms with van der Waals surface area (Å²) in [4.78, 5) is 16.5. The Kier molecular flexibility index (Phi) is 4.64. The number of hydrogen-bond acceptors (Lipinski definition) is 6. The van der Waals surface area contributed by atoms with E-state index in [1.54, 1.807) is 30.7 Å². The van der Waals surface area contributed by atoms with Crippen molar-refractivity contribution in [2.75, 3.05) is 11.9 Å². The van der Waals surface area contributed by atoms with Crippen LogP contribution in [0.1, 0.15) is 25.5 Å². The Morgan fingerprint density at radius 3 is 2.72 bits per heavy atom. The van der Waals surface area contributed by atoms with Crippen molar-refractivity contribution < 1.29 is 23.0 Å². The summed E-state index contributed by atoms with van der Waals surface area (Å²) in [5.74, 6) is 0.0277. The lowest BCUT2D eigenvalue weighted by Gasteiger charge is -2.28. The molecule has 0 spiro atoms. The molecule has 3 rings (SSSR count). The highest BCUT2D eigenvalue weighted by Crippen LogP contribution is 2.35. The van der Waals surface area contributed by atoms with Gasteiger partial charge in [-0.3, -0.25) is 0 Å². The number of esters is 1. The number of rotatable bonds is 5. The Balaban J connectivity index is 2.02. The van der Waals surface area contributed by atoms with E-state index in [0.29, 0.717) is 22.8 Å². The van der Waals surface area contributed by atoms with Crippen LogP contribution < -0.4 is 10.1 Å². The smallest absolute Gasteiger partial charge is 0.387 e. The maximum absolute atomic E-state index is 12.4. The molecule has 132 valence electrons.